The number of piperazine rings is 1. The van der Waals surface area contributed by atoms with Crippen molar-refractivity contribution in [1.29, 1.82) is 0 Å². The summed E-state index contributed by atoms with van der Waals surface area (Å²) in [6, 6.07) is 12.0. The molecule has 6 nitrogen and oxygen atoms in total. The molecule has 0 saturated carbocycles. The van der Waals surface area contributed by atoms with Gasteiger partial charge in [0.15, 0.2) is 0 Å². The van der Waals surface area contributed by atoms with Crippen LogP contribution in [-0.4, -0.2) is 50.7 Å². The van der Waals surface area contributed by atoms with Gasteiger partial charge in [0, 0.05) is 44.6 Å². The van der Waals surface area contributed by atoms with Crippen LogP contribution in [-0.2, 0) is 0 Å². The standard InChI is InChI=1S/C22H30N4O2/c1-17(2)8-10-24-22(27)19-16-18(9-11-23-19)25-12-14-26(15-13-25)20-6-4-5-7-21(20)28-3/h4-7,9,11,16-17H,8,10,12-15H2,1-3H3,(H,24,27). The van der Waals surface area contributed by atoms with Gasteiger partial charge in [-0.25, -0.2) is 0 Å². The summed E-state index contributed by atoms with van der Waals surface area (Å²) in [5, 5.41) is 2.96. The summed E-state index contributed by atoms with van der Waals surface area (Å²) in [6.07, 6.45) is 2.69. The van der Waals surface area contributed by atoms with Gasteiger partial charge in [-0.1, -0.05) is 26.0 Å². The summed E-state index contributed by atoms with van der Waals surface area (Å²) < 4.78 is 5.49. The summed E-state index contributed by atoms with van der Waals surface area (Å²) in [6.45, 7) is 8.55. The molecule has 1 amide bonds. The number of para-hydroxylation sites is 2. The molecule has 1 fully saturated rings. The quantitative estimate of drug-likeness (QED) is 0.797. The largest absolute Gasteiger partial charge is 0.495 e. The topological polar surface area (TPSA) is 57.7 Å². The number of nitrogens with zero attached hydrogens (tertiary/aromatic N) is 3. The van der Waals surface area contributed by atoms with Crippen molar-refractivity contribution in [3.8, 4) is 5.75 Å². The second-order valence-corrected chi connectivity index (χ2v) is 7.48. The first-order valence-corrected chi connectivity index (χ1v) is 9.95. The van der Waals surface area contributed by atoms with Gasteiger partial charge in [-0.3, -0.25) is 9.78 Å². The van der Waals surface area contributed by atoms with E-state index in [0.29, 0.717) is 18.2 Å². The van der Waals surface area contributed by atoms with Crippen molar-refractivity contribution in [2.75, 3.05) is 49.6 Å². The highest BCUT2D eigenvalue weighted by atomic mass is 16.5. The smallest absolute Gasteiger partial charge is 0.269 e. The normalized spacial score (nSPS) is 14.3. The van der Waals surface area contributed by atoms with E-state index in [2.05, 4.69) is 40.0 Å². The fraction of sp³-hybridized carbons (Fsp3) is 0.455. The maximum atomic E-state index is 12.4. The first kappa shape index (κ1) is 20.0. The summed E-state index contributed by atoms with van der Waals surface area (Å²) in [5.41, 5.74) is 2.65. The van der Waals surface area contributed by atoms with E-state index >= 15 is 0 Å². The van der Waals surface area contributed by atoms with Gasteiger partial charge in [0.25, 0.3) is 5.91 Å². The minimum Gasteiger partial charge on any atom is -0.495 e. The van der Waals surface area contributed by atoms with E-state index in [1.165, 1.54) is 0 Å². The lowest BCUT2D eigenvalue weighted by Gasteiger charge is -2.37. The van der Waals surface area contributed by atoms with E-state index < -0.39 is 0 Å². The number of hydrogen-bond acceptors (Lipinski definition) is 5. The van der Waals surface area contributed by atoms with Crippen LogP contribution in [0.25, 0.3) is 0 Å². The Morgan fingerprint density at radius 2 is 1.86 bits per heavy atom. The Kier molecular flexibility index (Phi) is 6.74. The zero-order chi connectivity index (χ0) is 19.9. The molecule has 2 aromatic rings. The van der Waals surface area contributed by atoms with Crippen LogP contribution in [0.4, 0.5) is 11.4 Å². The lowest BCUT2D eigenvalue weighted by atomic mass is 10.1. The monoisotopic (exact) mass is 382 g/mol. The molecule has 1 saturated heterocycles. The van der Waals surface area contributed by atoms with Crippen molar-refractivity contribution < 1.29 is 9.53 Å². The van der Waals surface area contributed by atoms with Crippen LogP contribution in [0, 0.1) is 5.92 Å². The highest BCUT2D eigenvalue weighted by Gasteiger charge is 2.20. The number of ether oxygens (including phenoxy) is 1. The minimum atomic E-state index is -0.102. The predicted octanol–water partition coefficient (Wildman–Crippen LogP) is 3.19. The van der Waals surface area contributed by atoms with Gasteiger partial charge in [-0.05, 0) is 36.6 Å². The van der Waals surface area contributed by atoms with Crippen molar-refractivity contribution in [3.63, 3.8) is 0 Å². The van der Waals surface area contributed by atoms with Crippen LogP contribution < -0.4 is 19.9 Å². The molecular weight excluding hydrogens is 352 g/mol. The molecular formula is C22H30N4O2. The van der Waals surface area contributed by atoms with Crippen molar-refractivity contribution in [3.05, 3.63) is 48.3 Å². The number of aromatic nitrogens is 1. The third kappa shape index (κ3) is 4.94. The van der Waals surface area contributed by atoms with E-state index in [-0.39, 0.29) is 5.91 Å². The second kappa shape index (κ2) is 9.44. The van der Waals surface area contributed by atoms with Gasteiger partial charge in [0.05, 0.1) is 12.8 Å². The number of anilines is 2. The number of carbonyl (C=O) groups excluding carboxylic acids is 1. The third-order valence-corrected chi connectivity index (χ3v) is 5.05. The number of methoxy groups -OCH3 is 1. The lowest BCUT2D eigenvalue weighted by Crippen LogP contribution is -2.46. The SMILES string of the molecule is COc1ccccc1N1CCN(c2ccnc(C(=O)NCCC(C)C)c2)CC1. The summed E-state index contributed by atoms with van der Waals surface area (Å²) >= 11 is 0. The van der Waals surface area contributed by atoms with Gasteiger partial charge in [-0.15, -0.1) is 0 Å². The summed E-state index contributed by atoms with van der Waals surface area (Å²) in [5.74, 6) is 1.37. The highest BCUT2D eigenvalue weighted by Crippen LogP contribution is 2.29. The molecule has 28 heavy (non-hydrogen) atoms. The molecule has 0 bridgehead atoms. The van der Waals surface area contributed by atoms with Crippen LogP contribution in [0.1, 0.15) is 30.8 Å². The van der Waals surface area contributed by atoms with Crippen molar-refractivity contribution in [2.45, 2.75) is 20.3 Å². The Bertz CT molecular complexity index is 786. The Morgan fingerprint density at radius 3 is 2.57 bits per heavy atom. The number of amides is 1. The third-order valence-electron chi connectivity index (χ3n) is 5.05. The fourth-order valence-electron chi connectivity index (χ4n) is 3.40. The van der Waals surface area contributed by atoms with Crippen LogP contribution in [0.15, 0.2) is 42.6 Å². The van der Waals surface area contributed by atoms with Crippen LogP contribution in [0.5, 0.6) is 5.75 Å². The molecule has 1 aliphatic rings. The zero-order valence-corrected chi connectivity index (χ0v) is 17.0. The minimum absolute atomic E-state index is 0.102. The van der Waals surface area contributed by atoms with E-state index in [9.17, 15) is 4.79 Å². The first-order valence-electron chi connectivity index (χ1n) is 9.95. The van der Waals surface area contributed by atoms with Crippen LogP contribution >= 0.6 is 0 Å². The van der Waals surface area contributed by atoms with Crippen molar-refractivity contribution >= 4 is 17.3 Å². The average molecular weight is 383 g/mol. The molecule has 0 spiro atoms. The molecule has 6 heteroatoms. The number of rotatable bonds is 7. The van der Waals surface area contributed by atoms with Gasteiger partial charge >= 0.3 is 0 Å². The number of pyridine rings is 1. The number of benzene rings is 1. The zero-order valence-electron chi connectivity index (χ0n) is 17.0. The van der Waals surface area contributed by atoms with E-state index in [0.717, 1.165) is 49.7 Å². The van der Waals surface area contributed by atoms with E-state index in [1.54, 1.807) is 13.3 Å². The van der Waals surface area contributed by atoms with E-state index in [1.807, 2.05) is 30.3 Å². The van der Waals surface area contributed by atoms with E-state index in [4.69, 9.17) is 4.74 Å². The molecule has 1 aliphatic heterocycles. The maximum absolute atomic E-state index is 12.4. The molecule has 1 aromatic heterocycles. The summed E-state index contributed by atoms with van der Waals surface area (Å²) in [4.78, 5) is 21.3. The molecule has 1 aromatic carbocycles. The molecule has 3 rings (SSSR count). The molecule has 0 radical (unpaired) electrons. The summed E-state index contributed by atoms with van der Waals surface area (Å²) in [7, 11) is 1.71. The maximum Gasteiger partial charge on any atom is 0.269 e. The highest BCUT2D eigenvalue weighted by molar-refractivity contribution is 5.93. The average Bonchev–Trinajstić information content (AvgIpc) is 2.73. The molecule has 0 aliphatic carbocycles. The van der Waals surface area contributed by atoms with Crippen LogP contribution in [0.2, 0.25) is 0 Å². The first-order chi connectivity index (χ1) is 13.6. The Morgan fingerprint density at radius 1 is 1.14 bits per heavy atom. The lowest BCUT2D eigenvalue weighted by molar-refractivity contribution is 0.0947. The fourth-order valence-corrected chi connectivity index (χ4v) is 3.40. The Hall–Kier alpha value is -2.76. The molecule has 150 valence electrons. The van der Waals surface area contributed by atoms with Gasteiger partial charge in [0.1, 0.15) is 11.4 Å². The Labute approximate surface area is 167 Å². The number of carbonyl (C=O) groups is 1. The molecule has 1 N–H and O–H groups in total. The van der Waals surface area contributed by atoms with Crippen LogP contribution in [0.3, 0.4) is 0 Å². The molecule has 2 heterocycles. The van der Waals surface area contributed by atoms with Gasteiger partial charge in [-0.2, -0.15) is 0 Å². The number of hydrogen-bond donors (Lipinski definition) is 1. The molecule has 0 unspecified atom stereocenters. The predicted molar refractivity (Wildman–Crippen MR) is 113 cm³/mol. The van der Waals surface area contributed by atoms with Crippen molar-refractivity contribution in [1.82, 2.24) is 10.3 Å². The van der Waals surface area contributed by atoms with Crippen molar-refractivity contribution in [2.24, 2.45) is 5.92 Å². The number of nitrogens with one attached hydrogen (secondary N) is 1. The molecule has 0 atom stereocenters. The van der Waals surface area contributed by atoms with Gasteiger partial charge in [0.2, 0.25) is 0 Å². The Balaban J connectivity index is 1.61. The van der Waals surface area contributed by atoms with Gasteiger partial charge < -0.3 is 19.9 Å². The second-order valence-electron chi connectivity index (χ2n) is 7.48.